The lowest BCUT2D eigenvalue weighted by molar-refractivity contribution is -0.128. The molecule has 38 heavy (non-hydrogen) atoms. The average molecular weight is 545 g/mol. The molecule has 0 aromatic heterocycles. The van der Waals surface area contributed by atoms with E-state index < -0.39 is 28.8 Å². The first-order valence-electron chi connectivity index (χ1n) is 12.6. The van der Waals surface area contributed by atoms with E-state index in [1.54, 1.807) is 30.3 Å². The maximum absolute atomic E-state index is 14.6. The number of anilines is 2. The molecule has 0 bridgehead atoms. The van der Waals surface area contributed by atoms with Crippen molar-refractivity contribution in [3.05, 3.63) is 99.5 Å². The van der Waals surface area contributed by atoms with Crippen LogP contribution in [0.3, 0.4) is 0 Å². The van der Waals surface area contributed by atoms with Crippen molar-refractivity contribution in [3.63, 3.8) is 0 Å². The summed E-state index contributed by atoms with van der Waals surface area (Å²) in [6.45, 7) is 5.53. The fraction of sp³-hybridized carbons (Fsp3) is 0.258. The van der Waals surface area contributed by atoms with Gasteiger partial charge in [0.15, 0.2) is 11.6 Å². The number of carbonyl (C=O) groups is 3. The van der Waals surface area contributed by atoms with Gasteiger partial charge in [-0.2, -0.15) is 0 Å². The van der Waals surface area contributed by atoms with E-state index in [-0.39, 0.29) is 22.5 Å². The number of fused-ring (bicyclic) bond motifs is 6. The van der Waals surface area contributed by atoms with Crippen molar-refractivity contribution in [3.8, 4) is 0 Å². The molecule has 3 aromatic rings. The van der Waals surface area contributed by atoms with Crippen LogP contribution in [0.15, 0.2) is 72.8 Å². The fourth-order valence-corrected chi connectivity index (χ4v) is 6.83. The van der Waals surface area contributed by atoms with Gasteiger partial charge in [0.25, 0.3) is 0 Å². The van der Waals surface area contributed by atoms with E-state index >= 15 is 0 Å². The Kier molecular flexibility index (Phi) is 5.60. The van der Waals surface area contributed by atoms with Crippen molar-refractivity contribution < 1.29 is 14.4 Å². The number of benzene rings is 3. The maximum Gasteiger partial charge on any atom is 0.238 e. The summed E-state index contributed by atoms with van der Waals surface area (Å²) in [5.74, 6) is -1.79. The molecule has 7 heteroatoms. The lowest BCUT2D eigenvalue weighted by Crippen LogP contribution is -2.51. The number of hydrogen-bond acceptors (Lipinski definition) is 4. The number of amides is 1. The van der Waals surface area contributed by atoms with Gasteiger partial charge in [0, 0.05) is 27.4 Å². The number of ketones is 2. The molecular formula is C31H26Cl2N2O3. The van der Waals surface area contributed by atoms with E-state index in [4.69, 9.17) is 23.2 Å². The Morgan fingerprint density at radius 2 is 1.68 bits per heavy atom. The van der Waals surface area contributed by atoms with Crippen LogP contribution < -0.4 is 10.2 Å². The van der Waals surface area contributed by atoms with E-state index in [0.29, 0.717) is 21.8 Å². The molecule has 4 atom stereocenters. The number of rotatable bonds is 3. The normalized spacial score (nSPS) is 25.1. The molecule has 1 spiro atoms. The monoisotopic (exact) mass is 544 g/mol. The Balaban J connectivity index is 1.70. The Morgan fingerprint density at radius 3 is 2.42 bits per heavy atom. The predicted octanol–water partition coefficient (Wildman–Crippen LogP) is 6.58. The summed E-state index contributed by atoms with van der Waals surface area (Å²) in [5, 5.41) is 3.88. The molecule has 1 N–H and O–H groups in total. The zero-order valence-corrected chi connectivity index (χ0v) is 22.7. The van der Waals surface area contributed by atoms with Crippen molar-refractivity contribution in [1.82, 2.24) is 0 Å². The van der Waals surface area contributed by atoms with Crippen LogP contribution in [0, 0.1) is 11.3 Å². The third-order valence-electron chi connectivity index (χ3n) is 8.02. The molecule has 3 aliphatic heterocycles. The summed E-state index contributed by atoms with van der Waals surface area (Å²) in [7, 11) is 0. The summed E-state index contributed by atoms with van der Waals surface area (Å²) in [4.78, 5) is 45.2. The predicted molar refractivity (Wildman–Crippen MR) is 151 cm³/mol. The Morgan fingerprint density at radius 1 is 0.974 bits per heavy atom. The second kappa shape index (κ2) is 8.55. The van der Waals surface area contributed by atoms with Crippen molar-refractivity contribution in [1.29, 1.82) is 0 Å². The number of para-hydroxylation sites is 1. The first kappa shape index (κ1) is 24.9. The largest absolute Gasteiger partial charge is 0.352 e. The topological polar surface area (TPSA) is 66.5 Å². The molecule has 0 unspecified atom stereocenters. The molecule has 3 heterocycles. The molecule has 6 rings (SSSR count). The maximum atomic E-state index is 14.6. The van der Waals surface area contributed by atoms with Gasteiger partial charge in [0.1, 0.15) is 11.5 Å². The third kappa shape index (κ3) is 3.35. The Labute approximate surface area is 231 Å². The highest BCUT2D eigenvalue weighted by Gasteiger charge is 2.70. The van der Waals surface area contributed by atoms with E-state index in [1.807, 2.05) is 74.2 Å². The average Bonchev–Trinajstić information content (AvgIpc) is 3.35. The molecule has 192 valence electrons. The summed E-state index contributed by atoms with van der Waals surface area (Å²) in [6, 6.07) is 18.2. The van der Waals surface area contributed by atoms with Gasteiger partial charge in [0.05, 0.1) is 17.0 Å². The van der Waals surface area contributed by atoms with Crippen LogP contribution in [0.1, 0.15) is 42.3 Å². The molecule has 0 saturated carbocycles. The summed E-state index contributed by atoms with van der Waals surface area (Å²) >= 11 is 12.9. The number of hydrogen-bond donors (Lipinski definition) is 1. The van der Waals surface area contributed by atoms with E-state index in [9.17, 15) is 14.4 Å². The highest BCUT2D eigenvalue weighted by Crippen LogP contribution is 2.58. The first-order valence-corrected chi connectivity index (χ1v) is 13.3. The minimum Gasteiger partial charge on any atom is -0.352 e. The first-order chi connectivity index (χ1) is 18.1. The smallest absolute Gasteiger partial charge is 0.238 e. The highest BCUT2D eigenvalue weighted by atomic mass is 35.5. The van der Waals surface area contributed by atoms with Crippen LogP contribution in [0.25, 0.3) is 6.08 Å². The zero-order chi connectivity index (χ0) is 27.0. The molecule has 5 nitrogen and oxygen atoms in total. The van der Waals surface area contributed by atoms with E-state index in [1.165, 1.54) is 0 Å². The summed E-state index contributed by atoms with van der Waals surface area (Å²) < 4.78 is 0. The van der Waals surface area contributed by atoms with Crippen molar-refractivity contribution in [2.24, 2.45) is 11.3 Å². The van der Waals surface area contributed by atoms with Crippen LogP contribution in [0.2, 0.25) is 10.0 Å². The van der Waals surface area contributed by atoms with Gasteiger partial charge < -0.3 is 10.2 Å². The van der Waals surface area contributed by atoms with Crippen LogP contribution in [-0.4, -0.2) is 29.6 Å². The highest BCUT2D eigenvalue weighted by molar-refractivity contribution is 6.34. The second-order valence-electron chi connectivity index (χ2n) is 11.2. The standard InChI is InChI=1S/C31H26Cl2N2O3/c1-30(2,3)28(37)26-25(27(36)19-8-4-6-10-21(19)33)31(20-9-5-7-11-22(20)34-29(31)38)24-15-12-17-16-18(32)13-14-23(17)35(24)26/h4-16,24-26H,1-3H3,(H,34,38)/t24-,25+,26+,31-/m1/s1. The van der Waals surface area contributed by atoms with Crippen molar-refractivity contribution >= 4 is 58.1 Å². The molecule has 1 fully saturated rings. The quantitative estimate of drug-likeness (QED) is 0.378. The van der Waals surface area contributed by atoms with Crippen LogP contribution in [0.4, 0.5) is 11.4 Å². The van der Waals surface area contributed by atoms with Gasteiger partial charge in [-0.1, -0.05) is 86.5 Å². The van der Waals surface area contributed by atoms with Gasteiger partial charge >= 0.3 is 0 Å². The minimum absolute atomic E-state index is 0.127. The van der Waals surface area contributed by atoms with Gasteiger partial charge in [-0.15, -0.1) is 0 Å². The fourth-order valence-electron chi connectivity index (χ4n) is 6.42. The Hall–Kier alpha value is -3.41. The molecule has 3 aliphatic rings. The summed E-state index contributed by atoms with van der Waals surface area (Å²) in [5.41, 5.74) is 1.09. The third-order valence-corrected chi connectivity index (χ3v) is 8.59. The van der Waals surface area contributed by atoms with Crippen LogP contribution >= 0.6 is 23.2 Å². The van der Waals surface area contributed by atoms with Crippen molar-refractivity contribution in [2.45, 2.75) is 38.3 Å². The Bertz CT molecular complexity index is 1560. The molecular weight excluding hydrogens is 519 g/mol. The molecule has 1 amide bonds. The molecule has 1 saturated heterocycles. The zero-order valence-electron chi connectivity index (χ0n) is 21.2. The molecule has 0 radical (unpaired) electrons. The van der Waals surface area contributed by atoms with Crippen molar-refractivity contribution in [2.75, 3.05) is 10.2 Å². The molecule has 0 aliphatic carbocycles. The minimum atomic E-state index is -1.35. The van der Waals surface area contributed by atoms with Gasteiger partial charge in [0.2, 0.25) is 5.91 Å². The number of halogens is 2. The second-order valence-corrected chi connectivity index (χ2v) is 12.0. The van der Waals surface area contributed by atoms with E-state index in [2.05, 4.69) is 5.32 Å². The molecule has 3 aromatic carbocycles. The van der Waals surface area contributed by atoms with E-state index in [0.717, 1.165) is 11.3 Å². The van der Waals surface area contributed by atoms with Crippen LogP contribution in [-0.2, 0) is 15.0 Å². The summed E-state index contributed by atoms with van der Waals surface area (Å²) in [6.07, 6.45) is 3.86. The number of nitrogens with one attached hydrogen (secondary N) is 1. The SMILES string of the molecule is CC(C)(C)C(=O)[C@@H]1[C@@H](C(=O)c2ccccc2Cl)[C@]2(C(=O)Nc3ccccc32)[C@H]2C=Cc3cc(Cl)ccc3N12. The lowest BCUT2D eigenvalue weighted by Gasteiger charge is -2.38. The number of carbonyl (C=O) groups excluding carboxylic acids is 3. The van der Waals surface area contributed by atoms with Gasteiger partial charge in [-0.3, -0.25) is 14.4 Å². The lowest BCUT2D eigenvalue weighted by atomic mass is 9.63. The number of nitrogens with zero attached hydrogens (tertiary/aromatic N) is 1. The van der Waals surface area contributed by atoms with Crippen LogP contribution in [0.5, 0.6) is 0 Å². The van der Waals surface area contributed by atoms with Gasteiger partial charge in [-0.25, -0.2) is 0 Å². The van der Waals surface area contributed by atoms with Gasteiger partial charge in [-0.05, 0) is 47.5 Å². The number of Topliss-reactive ketones (excluding diaryl/α,β-unsaturated/α-hetero) is 2.